The summed E-state index contributed by atoms with van der Waals surface area (Å²) in [5, 5.41) is 2.76. The number of amides is 1. The zero-order valence-electron chi connectivity index (χ0n) is 16.8. The van der Waals surface area contributed by atoms with Crippen molar-refractivity contribution in [3.8, 4) is 0 Å². The molecule has 0 fully saturated rings. The number of carbonyl (C=O) groups excluding carboxylic acids is 2. The normalized spacial score (nSPS) is 10.7. The number of carbonyl (C=O) groups is 2. The van der Waals surface area contributed by atoms with Crippen molar-refractivity contribution in [2.75, 3.05) is 5.32 Å². The molecule has 0 aliphatic carbocycles. The van der Waals surface area contributed by atoms with Gasteiger partial charge in [-0.1, -0.05) is 42.5 Å². The van der Waals surface area contributed by atoms with Gasteiger partial charge in [0.2, 0.25) is 5.91 Å². The van der Waals surface area contributed by atoms with E-state index in [1.807, 2.05) is 30.3 Å². The number of anilines is 1. The Labute approximate surface area is 191 Å². The predicted octanol–water partition coefficient (Wildman–Crippen LogP) is 4.00. The van der Waals surface area contributed by atoms with E-state index in [1.165, 1.54) is 10.5 Å². The molecule has 4 rings (SSSR count). The van der Waals surface area contributed by atoms with Gasteiger partial charge in [0.05, 0.1) is 23.4 Å². The molecular formula is C24H18BrN3O4. The highest BCUT2D eigenvalue weighted by atomic mass is 79.9. The van der Waals surface area contributed by atoms with Crippen molar-refractivity contribution in [3.05, 3.63) is 111 Å². The minimum Gasteiger partial charge on any atom is -0.456 e. The van der Waals surface area contributed by atoms with Crippen LogP contribution in [0.25, 0.3) is 5.65 Å². The molecule has 0 aliphatic heterocycles. The van der Waals surface area contributed by atoms with Gasteiger partial charge in [0.1, 0.15) is 12.3 Å². The Balaban J connectivity index is 1.46. The van der Waals surface area contributed by atoms with E-state index in [-0.39, 0.29) is 30.1 Å². The summed E-state index contributed by atoms with van der Waals surface area (Å²) in [5.74, 6) is -0.870. The van der Waals surface area contributed by atoms with Gasteiger partial charge in [-0.15, -0.1) is 0 Å². The number of fused-ring (bicyclic) bond motifs is 1. The van der Waals surface area contributed by atoms with Crippen molar-refractivity contribution < 1.29 is 14.3 Å². The molecule has 0 atom stereocenters. The topological polar surface area (TPSA) is 89.8 Å². The molecular weight excluding hydrogens is 474 g/mol. The fourth-order valence-electron chi connectivity index (χ4n) is 3.16. The van der Waals surface area contributed by atoms with Crippen molar-refractivity contribution >= 4 is 39.1 Å². The summed E-state index contributed by atoms with van der Waals surface area (Å²) in [7, 11) is 0. The van der Waals surface area contributed by atoms with Gasteiger partial charge in [0.25, 0.3) is 5.56 Å². The minimum atomic E-state index is -0.626. The number of rotatable bonds is 6. The monoisotopic (exact) mass is 491 g/mol. The van der Waals surface area contributed by atoms with Gasteiger partial charge >= 0.3 is 5.97 Å². The number of benzene rings is 2. The summed E-state index contributed by atoms with van der Waals surface area (Å²) in [5.41, 5.74) is 1.93. The summed E-state index contributed by atoms with van der Waals surface area (Å²) >= 11 is 3.32. The van der Waals surface area contributed by atoms with Gasteiger partial charge in [-0.3, -0.25) is 14.0 Å². The third kappa shape index (κ3) is 5.09. The second-order valence-electron chi connectivity index (χ2n) is 6.99. The molecule has 7 nitrogen and oxygen atoms in total. The van der Waals surface area contributed by atoms with Crippen LogP contribution in [-0.4, -0.2) is 21.3 Å². The van der Waals surface area contributed by atoms with Crippen LogP contribution in [0, 0.1) is 0 Å². The van der Waals surface area contributed by atoms with Crippen LogP contribution in [0.3, 0.4) is 0 Å². The molecule has 0 aliphatic rings. The molecule has 0 spiro atoms. The number of halogens is 1. The second kappa shape index (κ2) is 9.57. The highest BCUT2D eigenvalue weighted by molar-refractivity contribution is 9.10. The number of aromatic nitrogens is 2. The van der Waals surface area contributed by atoms with Gasteiger partial charge in [0, 0.05) is 16.7 Å². The molecule has 0 saturated heterocycles. The number of para-hydroxylation sites is 1. The number of hydrogen-bond donors (Lipinski definition) is 1. The van der Waals surface area contributed by atoms with E-state index in [4.69, 9.17) is 4.74 Å². The molecule has 2 aromatic heterocycles. The highest BCUT2D eigenvalue weighted by Gasteiger charge is 2.15. The van der Waals surface area contributed by atoms with E-state index in [1.54, 1.807) is 42.6 Å². The molecule has 1 N–H and O–H groups in total. The van der Waals surface area contributed by atoms with Crippen molar-refractivity contribution in [3.63, 3.8) is 0 Å². The Hall–Kier alpha value is -3.78. The molecule has 0 saturated carbocycles. The first-order valence-corrected chi connectivity index (χ1v) is 10.6. The van der Waals surface area contributed by atoms with Crippen LogP contribution in [-0.2, 0) is 22.6 Å². The Morgan fingerprint density at radius 1 is 1.00 bits per heavy atom. The summed E-state index contributed by atoms with van der Waals surface area (Å²) in [6.45, 7) is -0.174. The zero-order chi connectivity index (χ0) is 22.5. The third-order valence-corrected chi connectivity index (χ3v) is 5.13. The lowest BCUT2D eigenvalue weighted by molar-refractivity contribution is -0.115. The zero-order valence-corrected chi connectivity index (χ0v) is 18.4. The standard InChI is InChI=1S/C24H18BrN3O4/c25-17-10-11-21-26-18(13-23(30)28(21)14-17)15-32-24(31)19-8-4-5-9-20(19)27-22(29)12-16-6-2-1-3-7-16/h1-11,13-14H,12,15H2,(H,27,29). The Kier molecular flexibility index (Phi) is 6.42. The summed E-state index contributed by atoms with van der Waals surface area (Å²) in [6.07, 6.45) is 1.81. The second-order valence-corrected chi connectivity index (χ2v) is 7.91. The average Bonchev–Trinajstić information content (AvgIpc) is 2.79. The lowest BCUT2D eigenvalue weighted by Crippen LogP contribution is -2.18. The fourth-order valence-corrected chi connectivity index (χ4v) is 3.50. The molecule has 32 heavy (non-hydrogen) atoms. The molecule has 4 aromatic rings. The van der Waals surface area contributed by atoms with Crippen LogP contribution in [0.15, 0.2) is 88.3 Å². The number of nitrogens with one attached hydrogen (secondary N) is 1. The number of hydrogen-bond acceptors (Lipinski definition) is 5. The maximum absolute atomic E-state index is 12.7. The lowest BCUT2D eigenvalue weighted by atomic mass is 10.1. The number of ether oxygens (including phenoxy) is 1. The van der Waals surface area contributed by atoms with Crippen molar-refractivity contribution in [1.82, 2.24) is 9.38 Å². The van der Waals surface area contributed by atoms with E-state index in [2.05, 4.69) is 26.2 Å². The molecule has 2 heterocycles. The van der Waals surface area contributed by atoms with Crippen LogP contribution in [0.5, 0.6) is 0 Å². The quantitative estimate of drug-likeness (QED) is 0.411. The molecule has 0 unspecified atom stereocenters. The van der Waals surface area contributed by atoms with Crippen molar-refractivity contribution in [2.24, 2.45) is 0 Å². The Morgan fingerprint density at radius 3 is 2.56 bits per heavy atom. The van der Waals surface area contributed by atoms with Gasteiger partial charge in [0.15, 0.2) is 0 Å². The molecule has 0 bridgehead atoms. The van der Waals surface area contributed by atoms with Gasteiger partial charge < -0.3 is 10.1 Å². The van der Waals surface area contributed by atoms with Crippen LogP contribution >= 0.6 is 15.9 Å². The lowest BCUT2D eigenvalue weighted by Gasteiger charge is -2.11. The van der Waals surface area contributed by atoms with Gasteiger partial charge in [-0.2, -0.15) is 0 Å². The molecule has 1 amide bonds. The largest absolute Gasteiger partial charge is 0.456 e. The number of nitrogens with zero attached hydrogens (tertiary/aromatic N) is 2. The minimum absolute atomic E-state index is 0.174. The highest BCUT2D eigenvalue weighted by Crippen LogP contribution is 2.18. The maximum atomic E-state index is 12.7. The maximum Gasteiger partial charge on any atom is 0.340 e. The Bertz CT molecular complexity index is 1350. The molecule has 160 valence electrons. The van der Waals surface area contributed by atoms with Crippen LogP contribution in [0.2, 0.25) is 0 Å². The van der Waals surface area contributed by atoms with Crippen molar-refractivity contribution in [2.45, 2.75) is 13.0 Å². The smallest absolute Gasteiger partial charge is 0.340 e. The third-order valence-electron chi connectivity index (χ3n) is 4.66. The summed E-state index contributed by atoms with van der Waals surface area (Å²) in [4.78, 5) is 41.8. The fraction of sp³-hybridized carbons (Fsp3) is 0.0833. The van der Waals surface area contributed by atoms with E-state index in [0.717, 1.165) is 10.0 Å². The van der Waals surface area contributed by atoms with Crippen LogP contribution < -0.4 is 10.9 Å². The molecule has 0 radical (unpaired) electrons. The number of esters is 1. The predicted molar refractivity (Wildman–Crippen MR) is 123 cm³/mol. The SMILES string of the molecule is O=C(Cc1ccccc1)Nc1ccccc1C(=O)OCc1cc(=O)n2cc(Br)ccc2n1. The summed E-state index contributed by atoms with van der Waals surface area (Å²) < 4.78 is 7.52. The van der Waals surface area contributed by atoms with Gasteiger partial charge in [-0.05, 0) is 45.8 Å². The average molecular weight is 492 g/mol. The molecule has 8 heteroatoms. The Morgan fingerprint density at radius 2 is 1.75 bits per heavy atom. The van der Waals surface area contributed by atoms with E-state index in [9.17, 15) is 14.4 Å². The van der Waals surface area contributed by atoms with E-state index >= 15 is 0 Å². The summed E-state index contributed by atoms with van der Waals surface area (Å²) in [6, 6.07) is 20.7. The van der Waals surface area contributed by atoms with Crippen molar-refractivity contribution in [1.29, 1.82) is 0 Å². The van der Waals surface area contributed by atoms with Crippen LogP contribution in [0.4, 0.5) is 5.69 Å². The van der Waals surface area contributed by atoms with Crippen LogP contribution in [0.1, 0.15) is 21.6 Å². The van der Waals surface area contributed by atoms with Gasteiger partial charge in [-0.25, -0.2) is 9.78 Å². The number of pyridine rings is 1. The van der Waals surface area contributed by atoms with E-state index < -0.39 is 5.97 Å². The first kappa shape index (κ1) is 21.5. The first-order chi connectivity index (χ1) is 15.5. The molecule has 2 aromatic carbocycles. The first-order valence-electron chi connectivity index (χ1n) is 9.77. The van der Waals surface area contributed by atoms with E-state index in [0.29, 0.717) is 17.0 Å².